The van der Waals surface area contributed by atoms with Gasteiger partial charge >= 0.3 is 0 Å². The van der Waals surface area contributed by atoms with Gasteiger partial charge in [-0.3, -0.25) is 4.21 Å². The summed E-state index contributed by atoms with van der Waals surface area (Å²) in [4.78, 5) is 0. The van der Waals surface area contributed by atoms with Crippen molar-refractivity contribution < 1.29 is 8.76 Å². The lowest BCUT2D eigenvalue weighted by Crippen LogP contribution is -2.25. The molecule has 3 nitrogen and oxygen atoms in total. The van der Waals surface area contributed by atoms with E-state index in [-0.39, 0.29) is 0 Å². The van der Waals surface area contributed by atoms with E-state index in [1.807, 2.05) is 0 Å². The Bertz CT molecular complexity index is 142. The van der Waals surface area contributed by atoms with E-state index >= 15 is 0 Å². The van der Waals surface area contributed by atoms with Crippen molar-refractivity contribution in [1.82, 2.24) is 0 Å². The average molecular weight is 206 g/mol. The molecule has 0 aromatic carbocycles. The minimum absolute atomic E-state index is 0.599. The molecule has 0 aliphatic heterocycles. The lowest BCUT2D eigenvalue weighted by molar-refractivity contribution is 0.507. The van der Waals surface area contributed by atoms with E-state index in [1.165, 1.54) is 25.7 Å². The molecule has 0 rings (SSSR count). The first-order chi connectivity index (χ1) is 6.18. The van der Waals surface area contributed by atoms with Crippen molar-refractivity contribution in [3.63, 3.8) is 0 Å². The van der Waals surface area contributed by atoms with Crippen molar-refractivity contribution in [1.29, 1.82) is 0 Å². The van der Waals surface area contributed by atoms with E-state index in [1.54, 1.807) is 0 Å². The summed E-state index contributed by atoms with van der Waals surface area (Å²) < 4.78 is 20.7. The van der Waals surface area contributed by atoms with E-state index in [0.717, 1.165) is 12.8 Å². The first-order valence-corrected chi connectivity index (χ1v) is 6.16. The summed E-state index contributed by atoms with van der Waals surface area (Å²) >= 11 is -2.09. The third kappa shape index (κ3) is 8.40. The maximum absolute atomic E-state index is 10.3. The fourth-order valence-corrected chi connectivity index (χ4v) is 1.58. The van der Waals surface area contributed by atoms with Gasteiger partial charge in [0.25, 0.3) is 0 Å². The number of hydrogen-bond acceptors (Lipinski definition) is 3. The highest BCUT2D eigenvalue weighted by atomic mass is 32.2. The summed E-state index contributed by atoms with van der Waals surface area (Å²) in [6.07, 6.45) is 7.61. The molecule has 0 aliphatic carbocycles. The summed E-state index contributed by atoms with van der Waals surface area (Å²) in [5, 5.41) is -0.661. The Hall–Kier alpha value is 0.0700. The molecule has 0 aromatic rings. The van der Waals surface area contributed by atoms with Gasteiger partial charge in [-0.25, -0.2) is 0 Å². The molecule has 4 heteroatoms. The molecule has 0 saturated carbocycles. The molecular formula is C9H20NO2S-. The second-order valence-corrected chi connectivity index (χ2v) is 4.48. The minimum Gasteiger partial charge on any atom is -0.771 e. The van der Waals surface area contributed by atoms with Crippen LogP contribution in [0.3, 0.4) is 0 Å². The van der Waals surface area contributed by atoms with Crippen molar-refractivity contribution >= 4 is 11.1 Å². The van der Waals surface area contributed by atoms with Gasteiger partial charge in [0.2, 0.25) is 0 Å². The maximum Gasteiger partial charge on any atom is 0.0676 e. The van der Waals surface area contributed by atoms with Gasteiger partial charge in [-0.05, 0) is 17.5 Å². The van der Waals surface area contributed by atoms with Crippen LogP contribution in [0.2, 0.25) is 0 Å². The van der Waals surface area contributed by atoms with E-state index in [2.05, 4.69) is 6.92 Å². The summed E-state index contributed by atoms with van der Waals surface area (Å²) in [5.41, 5.74) is 5.34. The number of rotatable bonds is 8. The predicted octanol–water partition coefficient (Wildman–Crippen LogP) is 1.90. The molecular weight excluding hydrogens is 186 g/mol. The molecule has 13 heavy (non-hydrogen) atoms. The Morgan fingerprint density at radius 1 is 1.23 bits per heavy atom. The van der Waals surface area contributed by atoms with Crippen molar-refractivity contribution in [2.75, 3.05) is 0 Å². The van der Waals surface area contributed by atoms with Crippen molar-refractivity contribution in [3.8, 4) is 0 Å². The highest BCUT2D eigenvalue weighted by Gasteiger charge is 2.00. The molecule has 0 aromatic heterocycles. The number of nitrogens with two attached hydrogens (primary N) is 1. The second-order valence-electron chi connectivity index (χ2n) is 3.36. The molecule has 0 bridgehead atoms. The quantitative estimate of drug-likeness (QED) is 0.487. The third-order valence-corrected chi connectivity index (χ3v) is 2.82. The molecule has 0 aliphatic rings. The molecule has 0 radical (unpaired) electrons. The minimum atomic E-state index is -2.09. The molecule has 2 atom stereocenters. The predicted molar refractivity (Wildman–Crippen MR) is 54.9 cm³/mol. The van der Waals surface area contributed by atoms with Crippen LogP contribution in [0.15, 0.2) is 0 Å². The van der Waals surface area contributed by atoms with Crippen molar-refractivity contribution in [2.45, 2.75) is 57.2 Å². The average Bonchev–Trinajstić information content (AvgIpc) is 2.10. The highest BCUT2D eigenvalue weighted by molar-refractivity contribution is 7.79. The van der Waals surface area contributed by atoms with Crippen LogP contribution in [0.4, 0.5) is 0 Å². The van der Waals surface area contributed by atoms with Crippen LogP contribution in [0.5, 0.6) is 0 Å². The fraction of sp³-hybridized carbons (Fsp3) is 1.00. The van der Waals surface area contributed by atoms with Gasteiger partial charge in [0.15, 0.2) is 0 Å². The molecule has 0 spiro atoms. The van der Waals surface area contributed by atoms with Crippen molar-refractivity contribution in [3.05, 3.63) is 0 Å². The maximum atomic E-state index is 10.3. The van der Waals surface area contributed by atoms with Crippen LogP contribution in [-0.2, 0) is 11.1 Å². The van der Waals surface area contributed by atoms with Gasteiger partial charge in [0.1, 0.15) is 0 Å². The largest absolute Gasteiger partial charge is 0.771 e. The molecule has 0 saturated heterocycles. The van der Waals surface area contributed by atoms with Crippen LogP contribution < -0.4 is 5.73 Å². The van der Waals surface area contributed by atoms with E-state index in [9.17, 15) is 8.76 Å². The van der Waals surface area contributed by atoms with Gasteiger partial charge in [0, 0.05) is 0 Å². The topological polar surface area (TPSA) is 66.2 Å². The number of unbranched alkanes of at least 4 members (excludes halogenated alkanes) is 5. The lowest BCUT2D eigenvalue weighted by Gasteiger charge is -2.13. The van der Waals surface area contributed by atoms with Gasteiger partial charge in [0.05, 0.1) is 5.37 Å². The normalized spacial score (nSPS) is 15.6. The summed E-state index contributed by atoms with van der Waals surface area (Å²) in [6, 6.07) is 0. The van der Waals surface area contributed by atoms with Gasteiger partial charge in [-0.2, -0.15) is 0 Å². The van der Waals surface area contributed by atoms with E-state index < -0.39 is 16.5 Å². The molecule has 2 N–H and O–H groups in total. The second kappa shape index (κ2) is 8.66. The summed E-state index contributed by atoms with van der Waals surface area (Å²) in [7, 11) is 0. The molecule has 0 heterocycles. The SMILES string of the molecule is CCCCCCCCC(N)S(=O)[O-]. The standard InChI is InChI=1S/C9H21NO2S/c1-2-3-4-5-6-7-8-9(10)13(11)12/h9H,2-8,10H2,1H3,(H,11,12)/p-1. The zero-order valence-corrected chi connectivity index (χ0v) is 9.15. The van der Waals surface area contributed by atoms with Crippen LogP contribution in [0.1, 0.15) is 51.9 Å². The van der Waals surface area contributed by atoms with Gasteiger partial charge in [-0.15, -0.1) is 0 Å². The van der Waals surface area contributed by atoms with E-state index in [4.69, 9.17) is 5.73 Å². The Kier molecular flexibility index (Phi) is 8.71. The Morgan fingerprint density at radius 2 is 1.77 bits per heavy atom. The molecule has 80 valence electrons. The van der Waals surface area contributed by atoms with Crippen LogP contribution in [0.25, 0.3) is 0 Å². The fourth-order valence-electron chi connectivity index (χ4n) is 1.22. The molecule has 0 amide bonds. The molecule has 2 unspecified atom stereocenters. The van der Waals surface area contributed by atoms with Crippen LogP contribution in [-0.4, -0.2) is 14.1 Å². The van der Waals surface area contributed by atoms with Gasteiger partial charge < -0.3 is 10.3 Å². The van der Waals surface area contributed by atoms with Crippen LogP contribution in [0, 0.1) is 0 Å². The number of hydrogen-bond donors (Lipinski definition) is 1. The first-order valence-electron chi connectivity index (χ1n) is 5.02. The molecule has 0 fully saturated rings. The summed E-state index contributed by atoms with van der Waals surface area (Å²) in [5.74, 6) is 0. The zero-order chi connectivity index (χ0) is 10.1. The highest BCUT2D eigenvalue weighted by Crippen LogP contribution is 2.08. The third-order valence-electron chi connectivity index (χ3n) is 2.09. The lowest BCUT2D eigenvalue weighted by atomic mass is 10.1. The first kappa shape index (κ1) is 13.1. The Balaban J connectivity index is 3.11. The van der Waals surface area contributed by atoms with Crippen LogP contribution >= 0.6 is 0 Å². The van der Waals surface area contributed by atoms with Gasteiger partial charge in [-0.1, -0.05) is 45.4 Å². The van der Waals surface area contributed by atoms with E-state index in [0.29, 0.717) is 6.42 Å². The monoisotopic (exact) mass is 206 g/mol. The smallest absolute Gasteiger partial charge is 0.0676 e. The summed E-state index contributed by atoms with van der Waals surface area (Å²) in [6.45, 7) is 2.18. The Morgan fingerprint density at radius 3 is 2.31 bits per heavy atom. The Labute approximate surface area is 83.4 Å². The zero-order valence-electron chi connectivity index (χ0n) is 8.33. The van der Waals surface area contributed by atoms with Crippen molar-refractivity contribution in [2.24, 2.45) is 5.73 Å².